The molecule has 0 unspecified atom stereocenters. The van der Waals surface area contributed by atoms with Gasteiger partial charge in [-0.25, -0.2) is 0 Å². The van der Waals surface area contributed by atoms with Gasteiger partial charge in [-0.15, -0.1) is 0 Å². The number of carbonyl (C=O) groups is 1. The highest BCUT2D eigenvalue weighted by Crippen LogP contribution is 2.26. The number of halogens is 1. The van der Waals surface area contributed by atoms with Crippen LogP contribution in [0.15, 0.2) is 18.5 Å². The smallest absolute Gasteiger partial charge is 0.228 e. The van der Waals surface area contributed by atoms with E-state index in [1.807, 2.05) is 31.7 Å². The Labute approximate surface area is 125 Å². The van der Waals surface area contributed by atoms with Gasteiger partial charge in [0.1, 0.15) is 0 Å². The second-order valence-electron chi connectivity index (χ2n) is 6.21. The maximum absolute atomic E-state index is 12.4. The van der Waals surface area contributed by atoms with E-state index >= 15 is 0 Å². The minimum absolute atomic E-state index is 0.222. The van der Waals surface area contributed by atoms with E-state index in [0.717, 1.165) is 38.3 Å². The maximum Gasteiger partial charge on any atom is 0.228 e. The molecule has 0 aromatic carbocycles. The van der Waals surface area contributed by atoms with E-state index in [-0.39, 0.29) is 11.3 Å². The van der Waals surface area contributed by atoms with Gasteiger partial charge in [-0.05, 0) is 12.5 Å². The van der Waals surface area contributed by atoms with Crippen molar-refractivity contribution in [3.05, 3.63) is 23.5 Å². The van der Waals surface area contributed by atoms with Crippen LogP contribution < -0.4 is 4.90 Å². The van der Waals surface area contributed by atoms with Crippen LogP contribution in [0.1, 0.15) is 27.2 Å². The molecule has 1 aromatic heterocycles. The Balaban J connectivity index is 2.07. The lowest BCUT2D eigenvalue weighted by Gasteiger charge is -2.28. The summed E-state index contributed by atoms with van der Waals surface area (Å²) in [6.45, 7) is 9.19. The molecule has 1 aliphatic rings. The fourth-order valence-corrected chi connectivity index (χ4v) is 2.70. The lowest BCUT2D eigenvalue weighted by Crippen LogP contribution is -2.41. The fraction of sp³-hybridized carbons (Fsp3) is 0.600. The molecule has 0 aliphatic carbocycles. The van der Waals surface area contributed by atoms with Gasteiger partial charge in [0.05, 0.1) is 10.7 Å². The molecule has 5 heteroatoms. The van der Waals surface area contributed by atoms with Crippen LogP contribution in [0.4, 0.5) is 5.69 Å². The zero-order valence-electron chi connectivity index (χ0n) is 12.4. The lowest BCUT2D eigenvalue weighted by atomic mass is 9.94. The highest BCUT2D eigenvalue weighted by molar-refractivity contribution is 6.33. The molecule has 0 bridgehead atoms. The Bertz CT molecular complexity index is 484. The van der Waals surface area contributed by atoms with Crippen molar-refractivity contribution >= 4 is 23.2 Å². The Morgan fingerprint density at radius 3 is 2.65 bits per heavy atom. The number of carbonyl (C=O) groups excluding carboxylic acids is 1. The molecule has 0 N–H and O–H groups in total. The van der Waals surface area contributed by atoms with Gasteiger partial charge in [-0.3, -0.25) is 9.78 Å². The molecule has 1 saturated heterocycles. The van der Waals surface area contributed by atoms with Crippen molar-refractivity contribution in [1.29, 1.82) is 0 Å². The predicted molar refractivity (Wildman–Crippen MR) is 82.1 cm³/mol. The first-order valence-electron chi connectivity index (χ1n) is 7.03. The van der Waals surface area contributed by atoms with Crippen molar-refractivity contribution in [1.82, 2.24) is 9.88 Å². The Hall–Kier alpha value is -1.29. The quantitative estimate of drug-likeness (QED) is 0.799. The van der Waals surface area contributed by atoms with Crippen molar-refractivity contribution in [3.8, 4) is 0 Å². The summed E-state index contributed by atoms with van der Waals surface area (Å²) >= 11 is 6.20. The number of hydrogen-bond donors (Lipinski definition) is 0. The lowest BCUT2D eigenvalue weighted by molar-refractivity contribution is -0.139. The van der Waals surface area contributed by atoms with E-state index in [4.69, 9.17) is 11.6 Å². The molecule has 0 radical (unpaired) electrons. The topological polar surface area (TPSA) is 36.4 Å². The van der Waals surface area contributed by atoms with E-state index < -0.39 is 0 Å². The number of anilines is 1. The molecule has 0 atom stereocenters. The van der Waals surface area contributed by atoms with Gasteiger partial charge >= 0.3 is 0 Å². The molecule has 1 aliphatic heterocycles. The molecule has 2 rings (SSSR count). The van der Waals surface area contributed by atoms with E-state index in [1.165, 1.54) is 0 Å². The summed E-state index contributed by atoms with van der Waals surface area (Å²) in [7, 11) is 0. The Kier molecular flexibility index (Phi) is 4.53. The molecular weight excluding hydrogens is 274 g/mol. The van der Waals surface area contributed by atoms with Crippen LogP contribution in [0.25, 0.3) is 0 Å². The van der Waals surface area contributed by atoms with Gasteiger partial charge in [0.15, 0.2) is 0 Å². The molecule has 1 amide bonds. The van der Waals surface area contributed by atoms with Crippen LogP contribution in [-0.2, 0) is 4.79 Å². The molecule has 2 heterocycles. The van der Waals surface area contributed by atoms with E-state index in [1.54, 1.807) is 12.4 Å². The van der Waals surface area contributed by atoms with E-state index in [0.29, 0.717) is 5.02 Å². The summed E-state index contributed by atoms with van der Waals surface area (Å²) < 4.78 is 0. The number of pyridine rings is 1. The number of hydrogen-bond acceptors (Lipinski definition) is 3. The van der Waals surface area contributed by atoms with Crippen LogP contribution in [0.2, 0.25) is 5.02 Å². The van der Waals surface area contributed by atoms with Crippen LogP contribution in [0, 0.1) is 5.41 Å². The predicted octanol–water partition coefficient (Wildman–Crippen LogP) is 2.82. The normalized spacial score (nSPS) is 17.0. The minimum Gasteiger partial charge on any atom is -0.368 e. The number of aromatic nitrogens is 1. The Morgan fingerprint density at radius 1 is 1.25 bits per heavy atom. The van der Waals surface area contributed by atoms with Gasteiger partial charge in [-0.2, -0.15) is 0 Å². The molecule has 20 heavy (non-hydrogen) atoms. The molecule has 4 nitrogen and oxygen atoms in total. The number of amides is 1. The Morgan fingerprint density at radius 2 is 2.00 bits per heavy atom. The van der Waals surface area contributed by atoms with Crippen molar-refractivity contribution in [3.63, 3.8) is 0 Å². The second-order valence-corrected chi connectivity index (χ2v) is 6.62. The summed E-state index contributed by atoms with van der Waals surface area (Å²) in [6.07, 6.45) is 4.38. The summed E-state index contributed by atoms with van der Waals surface area (Å²) in [5.41, 5.74) is 0.690. The second kappa shape index (κ2) is 6.00. The first-order valence-corrected chi connectivity index (χ1v) is 7.41. The largest absolute Gasteiger partial charge is 0.368 e. The average molecular weight is 296 g/mol. The molecule has 0 spiro atoms. The van der Waals surface area contributed by atoms with E-state index in [9.17, 15) is 4.79 Å². The highest BCUT2D eigenvalue weighted by Gasteiger charge is 2.28. The summed E-state index contributed by atoms with van der Waals surface area (Å²) in [4.78, 5) is 20.6. The van der Waals surface area contributed by atoms with Crippen molar-refractivity contribution < 1.29 is 4.79 Å². The fourth-order valence-electron chi connectivity index (χ4n) is 2.46. The molecule has 1 aromatic rings. The van der Waals surface area contributed by atoms with Gasteiger partial charge in [0.2, 0.25) is 5.91 Å². The van der Waals surface area contributed by atoms with Gasteiger partial charge < -0.3 is 9.80 Å². The van der Waals surface area contributed by atoms with Gasteiger partial charge in [-0.1, -0.05) is 32.4 Å². The van der Waals surface area contributed by atoms with Crippen LogP contribution in [-0.4, -0.2) is 42.0 Å². The average Bonchev–Trinajstić information content (AvgIpc) is 2.63. The highest BCUT2D eigenvalue weighted by atomic mass is 35.5. The summed E-state index contributed by atoms with van der Waals surface area (Å²) in [6, 6.07) is 1.93. The van der Waals surface area contributed by atoms with Gasteiger partial charge in [0, 0.05) is 44.0 Å². The maximum atomic E-state index is 12.4. The zero-order valence-corrected chi connectivity index (χ0v) is 13.2. The third-order valence-corrected chi connectivity index (χ3v) is 3.81. The van der Waals surface area contributed by atoms with Crippen LogP contribution in [0.5, 0.6) is 0 Å². The standard InChI is InChI=1S/C15H22ClN3O/c1-15(2,3)14(20)19-8-4-7-18(9-10-19)13-5-6-17-11-12(13)16/h5-6,11H,4,7-10H2,1-3H3. The van der Waals surface area contributed by atoms with E-state index in [2.05, 4.69) is 9.88 Å². The number of rotatable bonds is 1. The van der Waals surface area contributed by atoms with Crippen molar-refractivity contribution in [2.45, 2.75) is 27.2 Å². The molecule has 1 fully saturated rings. The monoisotopic (exact) mass is 295 g/mol. The molecular formula is C15H22ClN3O. The summed E-state index contributed by atoms with van der Waals surface area (Å²) in [5.74, 6) is 0.222. The zero-order chi connectivity index (χ0) is 14.8. The van der Waals surface area contributed by atoms with Crippen LogP contribution in [0.3, 0.4) is 0 Å². The van der Waals surface area contributed by atoms with Crippen LogP contribution >= 0.6 is 11.6 Å². The molecule has 0 saturated carbocycles. The minimum atomic E-state index is -0.316. The first kappa shape index (κ1) is 15.1. The van der Waals surface area contributed by atoms with Crippen molar-refractivity contribution in [2.24, 2.45) is 5.41 Å². The SMILES string of the molecule is CC(C)(C)C(=O)N1CCCN(c2ccncc2Cl)CC1. The van der Waals surface area contributed by atoms with Gasteiger partial charge in [0.25, 0.3) is 0 Å². The third kappa shape index (κ3) is 3.42. The first-order chi connectivity index (χ1) is 9.39. The third-order valence-electron chi connectivity index (χ3n) is 3.52. The van der Waals surface area contributed by atoms with Crippen molar-refractivity contribution in [2.75, 3.05) is 31.1 Å². The molecule has 110 valence electrons. The summed E-state index contributed by atoms with van der Waals surface area (Å²) in [5, 5.41) is 0.670. The number of nitrogens with zero attached hydrogens (tertiary/aromatic N) is 3.